The molecule has 1 fully saturated rings. The van der Waals surface area contributed by atoms with Gasteiger partial charge in [-0.1, -0.05) is 47.8 Å². The second-order valence-corrected chi connectivity index (χ2v) is 5.79. The standard InChI is InChI=1S/C14H19BrO/c1-2-14(16,9-8-11-6-7-11)12-4-3-5-13(15)10-12/h3-5,10-11,16H,2,6-9H2,1H3. The summed E-state index contributed by atoms with van der Waals surface area (Å²) in [5, 5.41) is 10.7. The molecule has 2 rings (SSSR count). The van der Waals surface area contributed by atoms with Gasteiger partial charge in [0.2, 0.25) is 0 Å². The number of rotatable bonds is 5. The van der Waals surface area contributed by atoms with E-state index in [0.717, 1.165) is 35.2 Å². The number of aliphatic hydroxyl groups is 1. The summed E-state index contributed by atoms with van der Waals surface area (Å²) in [6.07, 6.45) is 5.56. The van der Waals surface area contributed by atoms with Crippen LogP contribution in [-0.2, 0) is 5.60 Å². The Balaban J connectivity index is 2.11. The Morgan fingerprint density at radius 1 is 1.44 bits per heavy atom. The van der Waals surface area contributed by atoms with Crippen LogP contribution in [0.25, 0.3) is 0 Å². The van der Waals surface area contributed by atoms with Gasteiger partial charge in [-0.15, -0.1) is 0 Å². The molecule has 1 nitrogen and oxygen atoms in total. The first-order valence-electron chi connectivity index (χ1n) is 6.12. The van der Waals surface area contributed by atoms with Gasteiger partial charge in [0.15, 0.2) is 0 Å². The average molecular weight is 283 g/mol. The second-order valence-electron chi connectivity index (χ2n) is 4.88. The lowest BCUT2D eigenvalue weighted by atomic mass is 9.86. The van der Waals surface area contributed by atoms with Crippen LogP contribution in [0.2, 0.25) is 0 Å². The predicted octanol–water partition coefficient (Wildman–Crippen LogP) is 4.24. The number of halogens is 1. The minimum Gasteiger partial charge on any atom is -0.385 e. The van der Waals surface area contributed by atoms with Crippen molar-refractivity contribution in [1.82, 2.24) is 0 Å². The average Bonchev–Trinajstić information content (AvgIpc) is 3.10. The third-order valence-electron chi connectivity index (χ3n) is 3.61. The zero-order valence-electron chi connectivity index (χ0n) is 9.75. The van der Waals surface area contributed by atoms with Crippen LogP contribution in [0.5, 0.6) is 0 Å². The highest BCUT2D eigenvalue weighted by Crippen LogP contribution is 2.39. The van der Waals surface area contributed by atoms with Crippen LogP contribution in [0.3, 0.4) is 0 Å². The van der Waals surface area contributed by atoms with E-state index in [4.69, 9.17) is 0 Å². The molecule has 0 heterocycles. The Hall–Kier alpha value is -0.340. The molecule has 1 N–H and O–H groups in total. The smallest absolute Gasteiger partial charge is 0.0894 e. The van der Waals surface area contributed by atoms with E-state index in [0.29, 0.717) is 0 Å². The second kappa shape index (κ2) is 4.89. The molecule has 16 heavy (non-hydrogen) atoms. The van der Waals surface area contributed by atoms with Crippen LogP contribution < -0.4 is 0 Å². The Kier molecular flexibility index (Phi) is 3.70. The molecule has 0 radical (unpaired) electrons. The lowest BCUT2D eigenvalue weighted by molar-refractivity contribution is 0.0198. The van der Waals surface area contributed by atoms with Crippen molar-refractivity contribution in [3.05, 3.63) is 34.3 Å². The molecular formula is C14H19BrO. The molecule has 1 aliphatic carbocycles. The molecule has 0 bridgehead atoms. The highest BCUT2D eigenvalue weighted by Gasteiger charge is 2.30. The molecule has 0 saturated heterocycles. The summed E-state index contributed by atoms with van der Waals surface area (Å²) >= 11 is 3.47. The SMILES string of the molecule is CCC(O)(CCC1CC1)c1cccc(Br)c1. The fourth-order valence-corrected chi connectivity index (χ4v) is 2.55. The third-order valence-corrected chi connectivity index (χ3v) is 4.10. The largest absolute Gasteiger partial charge is 0.385 e. The summed E-state index contributed by atoms with van der Waals surface area (Å²) in [5.41, 5.74) is 0.414. The fourth-order valence-electron chi connectivity index (χ4n) is 2.15. The van der Waals surface area contributed by atoms with E-state index >= 15 is 0 Å². The summed E-state index contributed by atoms with van der Waals surface area (Å²) < 4.78 is 1.04. The van der Waals surface area contributed by atoms with Crippen molar-refractivity contribution in [2.24, 2.45) is 5.92 Å². The Labute approximate surface area is 106 Å². The van der Waals surface area contributed by atoms with Crippen LogP contribution in [0.4, 0.5) is 0 Å². The Morgan fingerprint density at radius 3 is 2.75 bits per heavy atom. The van der Waals surface area contributed by atoms with Gasteiger partial charge in [0.25, 0.3) is 0 Å². The Morgan fingerprint density at radius 2 is 2.19 bits per heavy atom. The van der Waals surface area contributed by atoms with Gasteiger partial charge in [0.1, 0.15) is 0 Å². The number of benzene rings is 1. The quantitative estimate of drug-likeness (QED) is 0.857. The molecule has 88 valence electrons. The Bertz CT molecular complexity index is 360. The maximum absolute atomic E-state index is 10.7. The van der Waals surface area contributed by atoms with E-state index in [9.17, 15) is 5.11 Å². The molecule has 1 aromatic rings. The molecule has 1 atom stereocenters. The van der Waals surface area contributed by atoms with Gasteiger partial charge in [-0.05, 0) is 42.9 Å². The first-order chi connectivity index (χ1) is 7.64. The molecule has 0 aromatic heterocycles. The lowest BCUT2D eigenvalue weighted by Crippen LogP contribution is -2.24. The van der Waals surface area contributed by atoms with E-state index in [2.05, 4.69) is 22.9 Å². The van der Waals surface area contributed by atoms with Gasteiger partial charge in [-0.3, -0.25) is 0 Å². The van der Waals surface area contributed by atoms with Crippen LogP contribution in [0.1, 0.15) is 44.6 Å². The van der Waals surface area contributed by atoms with Crippen LogP contribution in [0.15, 0.2) is 28.7 Å². The minimum absolute atomic E-state index is 0.633. The van der Waals surface area contributed by atoms with Crippen molar-refractivity contribution < 1.29 is 5.11 Å². The molecule has 0 amide bonds. The molecule has 1 unspecified atom stereocenters. The van der Waals surface area contributed by atoms with Gasteiger partial charge in [-0.25, -0.2) is 0 Å². The van der Waals surface area contributed by atoms with E-state index in [1.54, 1.807) is 0 Å². The van der Waals surface area contributed by atoms with Crippen LogP contribution >= 0.6 is 15.9 Å². The molecule has 0 spiro atoms. The molecule has 1 aliphatic rings. The maximum Gasteiger partial charge on any atom is 0.0894 e. The van der Waals surface area contributed by atoms with Gasteiger partial charge in [0.05, 0.1) is 5.60 Å². The van der Waals surface area contributed by atoms with E-state index < -0.39 is 5.60 Å². The maximum atomic E-state index is 10.7. The molecule has 0 aliphatic heterocycles. The van der Waals surface area contributed by atoms with Crippen molar-refractivity contribution in [3.63, 3.8) is 0 Å². The number of hydrogen-bond acceptors (Lipinski definition) is 1. The predicted molar refractivity (Wildman–Crippen MR) is 70.3 cm³/mol. The lowest BCUT2D eigenvalue weighted by Gasteiger charge is -2.27. The summed E-state index contributed by atoms with van der Waals surface area (Å²) in [7, 11) is 0. The minimum atomic E-state index is -0.633. The van der Waals surface area contributed by atoms with Gasteiger partial charge in [-0.2, -0.15) is 0 Å². The summed E-state index contributed by atoms with van der Waals surface area (Å²) in [4.78, 5) is 0. The van der Waals surface area contributed by atoms with Crippen molar-refractivity contribution >= 4 is 15.9 Å². The van der Waals surface area contributed by atoms with Gasteiger partial charge >= 0.3 is 0 Å². The van der Waals surface area contributed by atoms with Crippen molar-refractivity contribution in [3.8, 4) is 0 Å². The first-order valence-corrected chi connectivity index (χ1v) is 6.92. The van der Waals surface area contributed by atoms with Gasteiger partial charge < -0.3 is 5.11 Å². The first kappa shape index (κ1) is 12.1. The monoisotopic (exact) mass is 282 g/mol. The summed E-state index contributed by atoms with van der Waals surface area (Å²) in [6, 6.07) is 8.06. The summed E-state index contributed by atoms with van der Waals surface area (Å²) in [6.45, 7) is 2.06. The third kappa shape index (κ3) is 2.86. The summed E-state index contributed by atoms with van der Waals surface area (Å²) in [5.74, 6) is 0.880. The topological polar surface area (TPSA) is 20.2 Å². The van der Waals surface area contributed by atoms with Crippen molar-refractivity contribution in [2.45, 2.75) is 44.6 Å². The highest BCUT2D eigenvalue weighted by molar-refractivity contribution is 9.10. The van der Waals surface area contributed by atoms with Crippen LogP contribution in [0, 0.1) is 5.92 Å². The zero-order chi connectivity index (χ0) is 11.6. The van der Waals surface area contributed by atoms with Gasteiger partial charge in [0, 0.05) is 4.47 Å². The fraction of sp³-hybridized carbons (Fsp3) is 0.571. The normalized spacial score (nSPS) is 19.4. The molecular weight excluding hydrogens is 264 g/mol. The zero-order valence-corrected chi connectivity index (χ0v) is 11.3. The van der Waals surface area contributed by atoms with Crippen LogP contribution in [-0.4, -0.2) is 5.11 Å². The number of hydrogen-bond donors (Lipinski definition) is 1. The van der Waals surface area contributed by atoms with Crippen molar-refractivity contribution in [2.75, 3.05) is 0 Å². The van der Waals surface area contributed by atoms with E-state index in [1.807, 2.05) is 24.3 Å². The van der Waals surface area contributed by atoms with Crippen molar-refractivity contribution in [1.29, 1.82) is 0 Å². The molecule has 2 heteroatoms. The molecule has 1 aromatic carbocycles. The van der Waals surface area contributed by atoms with E-state index in [-0.39, 0.29) is 0 Å². The highest BCUT2D eigenvalue weighted by atomic mass is 79.9. The van der Waals surface area contributed by atoms with E-state index in [1.165, 1.54) is 12.8 Å². The molecule has 1 saturated carbocycles.